The molecule has 2 aromatic rings. The van der Waals surface area contributed by atoms with E-state index in [-0.39, 0.29) is 0 Å². The first-order valence-electron chi connectivity index (χ1n) is 6.12. The van der Waals surface area contributed by atoms with E-state index < -0.39 is 0 Å². The molecule has 18 heavy (non-hydrogen) atoms. The first-order chi connectivity index (χ1) is 8.66. The number of halogens is 1. The highest BCUT2D eigenvalue weighted by Gasteiger charge is 2.14. The fourth-order valence-corrected chi connectivity index (χ4v) is 2.27. The second-order valence-electron chi connectivity index (χ2n) is 4.78. The molecule has 1 nitrogen and oxygen atoms in total. The number of nitrogens with zero attached hydrogens (tertiary/aromatic N) is 1. The fourth-order valence-electron chi connectivity index (χ4n) is 2.15. The Hall–Kier alpha value is -1.31. The Morgan fingerprint density at radius 2 is 1.44 bits per heavy atom. The maximum atomic E-state index is 5.96. The molecule has 1 atom stereocenters. The van der Waals surface area contributed by atoms with Crippen LogP contribution in [0.4, 0.5) is 0 Å². The monoisotopic (exact) mass is 259 g/mol. The summed E-state index contributed by atoms with van der Waals surface area (Å²) in [5, 5.41) is 0.787. The van der Waals surface area contributed by atoms with E-state index in [1.807, 2.05) is 12.1 Å². The molecule has 0 saturated heterocycles. The van der Waals surface area contributed by atoms with Crippen molar-refractivity contribution in [3.8, 4) is 0 Å². The van der Waals surface area contributed by atoms with Crippen molar-refractivity contribution in [1.29, 1.82) is 0 Å². The van der Waals surface area contributed by atoms with Crippen LogP contribution in [0.25, 0.3) is 0 Å². The highest BCUT2D eigenvalue weighted by Crippen LogP contribution is 2.26. The summed E-state index contributed by atoms with van der Waals surface area (Å²) in [6.45, 7) is 0.992. The number of likely N-dealkylation sites (N-methyl/N-ethyl adjacent to an activating group) is 1. The maximum Gasteiger partial charge on any atom is 0.0406 e. The van der Waals surface area contributed by atoms with Gasteiger partial charge in [0.25, 0.3) is 0 Å². The molecule has 2 aromatic carbocycles. The van der Waals surface area contributed by atoms with Gasteiger partial charge in [0.1, 0.15) is 0 Å². The van der Waals surface area contributed by atoms with Gasteiger partial charge in [0, 0.05) is 17.5 Å². The van der Waals surface area contributed by atoms with Gasteiger partial charge in [-0.3, -0.25) is 0 Å². The lowest BCUT2D eigenvalue weighted by Gasteiger charge is -2.22. The van der Waals surface area contributed by atoms with E-state index in [4.69, 9.17) is 11.6 Å². The average molecular weight is 260 g/mol. The highest BCUT2D eigenvalue weighted by atomic mass is 35.5. The van der Waals surface area contributed by atoms with E-state index in [0.717, 1.165) is 11.6 Å². The predicted molar refractivity (Wildman–Crippen MR) is 78.3 cm³/mol. The molecule has 2 heteroatoms. The maximum absolute atomic E-state index is 5.96. The van der Waals surface area contributed by atoms with Crippen LogP contribution in [-0.2, 0) is 0 Å². The van der Waals surface area contributed by atoms with Crippen LogP contribution in [0.15, 0.2) is 54.6 Å². The van der Waals surface area contributed by atoms with E-state index in [0.29, 0.717) is 5.92 Å². The largest absolute Gasteiger partial charge is 0.308 e. The van der Waals surface area contributed by atoms with Gasteiger partial charge >= 0.3 is 0 Å². The Morgan fingerprint density at radius 3 is 2.00 bits per heavy atom. The minimum absolute atomic E-state index is 0.387. The van der Waals surface area contributed by atoms with Crippen LogP contribution in [0.5, 0.6) is 0 Å². The summed E-state index contributed by atoms with van der Waals surface area (Å²) in [4.78, 5) is 2.21. The topological polar surface area (TPSA) is 3.24 Å². The van der Waals surface area contributed by atoms with Crippen molar-refractivity contribution < 1.29 is 0 Å². The van der Waals surface area contributed by atoms with E-state index >= 15 is 0 Å². The smallest absolute Gasteiger partial charge is 0.0406 e. The molecule has 0 aliphatic carbocycles. The summed E-state index contributed by atoms with van der Waals surface area (Å²) >= 11 is 5.96. The molecule has 0 amide bonds. The molecular formula is C16H18ClN. The van der Waals surface area contributed by atoms with Crippen LogP contribution in [0.3, 0.4) is 0 Å². The summed E-state index contributed by atoms with van der Waals surface area (Å²) < 4.78 is 0. The van der Waals surface area contributed by atoms with Gasteiger partial charge in [0.15, 0.2) is 0 Å². The third-order valence-electron chi connectivity index (χ3n) is 3.02. The molecule has 0 radical (unpaired) electrons. The van der Waals surface area contributed by atoms with Crippen LogP contribution in [0.1, 0.15) is 17.0 Å². The minimum Gasteiger partial charge on any atom is -0.308 e. The minimum atomic E-state index is 0.387. The third kappa shape index (κ3) is 3.34. The SMILES string of the molecule is CN(C)CC(c1ccccc1)c1ccc(Cl)cc1. The Balaban J connectivity index is 2.33. The van der Waals surface area contributed by atoms with Crippen LogP contribution in [-0.4, -0.2) is 25.5 Å². The van der Waals surface area contributed by atoms with Gasteiger partial charge in [-0.05, 0) is 37.4 Å². The van der Waals surface area contributed by atoms with Crippen molar-refractivity contribution in [3.05, 3.63) is 70.7 Å². The molecule has 0 aromatic heterocycles. The Kier molecular flexibility index (Phi) is 4.40. The molecule has 2 rings (SSSR count). The summed E-state index contributed by atoms with van der Waals surface area (Å²) in [7, 11) is 4.21. The van der Waals surface area contributed by atoms with Crippen LogP contribution >= 0.6 is 11.6 Å². The molecule has 0 fully saturated rings. The molecule has 0 saturated carbocycles. The lowest BCUT2D eigenvalue weighted by molar-refractivity contribution is 0.392. The van der Waals surface area contributed by atoms with Gasteiger partial charge in [-0.15, -0.1) is 0 Å². The van der Waals surface area contributed by atoms with Gasteiger partial charge in [0.2, 0.25) is 0 Å². The van der Waals surface area contributed by atoms with Crippen molar-refractivity contribution in [2.24, 2.45) is 0 Å². The van der Waals surface area contributed by atoms with Gasteiger partial charge in [-0.2, -0.15) is 0 Å². The second-order valence-corrected chi connectivity index (χ2v) is 5.21. The summed E-state index contributed by atoms with van der Waals surface area (Å²) in [5.41, 5.74) is 2.65. The van der Waals surface area contributed by atoms with Gasteiger partial charge < -0.3 is 4.90 Å². The second kappa shape index (κ2) is 6.03. The van der Waals surface area contributed by atoms with Crippen molar-refractivity contribution >= 4 is 11.6 Å². The number of hydrogen-bond donors (Lipinski definition) is 0. The Bertz CT molecular complexity index is 476. The standard InChI is InChI=1S/C16H18ClN/c1-18(2)12-16(13-6-4-3-5-7-13)14-8-10-15(17)11-9-14/h3-11,16H,12H2,1-2H3. The van der Waals surface area contributed by atoms with E-state index in [2.05, 4.69) is 61.5 Å². The van der Waals surface area contributed by atoms with Crippen molar-refractivity contribution in [2.75, 3.05) is 20.6 Å². The molecular weight excluding hydrogens is 242 g/mol. The van der Waals surface area contributed by atoms with E-state index in [9.17, 15) is 0 Å². The normalized spacial score (nSPS) is 12.7. The summed E-state index contributed by atoms with van der Waals surface area (Å²) in [6.07, 6.45) is 0. The fraction of sp³-hybridized carbons (Fsp3) is 0.250. The van der Waals surface area contributed by atoms with E-state index in [1.165, 1.54) is 11.1 Å². The molecule has 0 aliphatic heterocycles. The predicted octanol–water partition coefficient (Wildman–Crippen LogP) is 4.03. The van der Waals surface area contributed by atoms with Crippen LogP contribution in [0, 0.1) is 0 Å². The quantitative estimate of drug-likeness (QED) is 0.801. The third-order valence-corrected chi connectivity index (χ3v) is 3.27. The summed E-state index contributed by atoms with van der Waals surface area (Å²) in [6, 6.07) is 18.8. The molecule has 0 N–H and O–H groups in total. The lowest BCUT2D eigenvalue weighted by Crippen LogP contribution is -2.21. The number of rotatable bonds is 4. The van der Waals surface area contributed by atoms with Crippen molar-refractivity contribution in [3.63, 3.8) is 0 Å². The zero-order valence-electron chi connectivity index (χ0n) is 10.8. The Morgan fingerprint density at radius 1 is 0.889 bits per heavy atom. The van der Waals surface area contributed by atoms with Crippen molar-refractivity contribution in [1.82, 2.24) is 4.90 Å². The summed E-state index contributed by atoms with van der Waals surface area (Å²) in [5.74, 6) is 0.387. The number of benzene rings is 2. The Labute approximate surface area is 114 Å². The van der Waals surface area contributed by atoms with Crippen LogP contribution in [0.2, 0.25) is 5.02 Å². The van der Waals surface area contributed by atoms with Gasteiger partial charge in [-0.25, -0.2) is 0 Å². The average Bonchev–Trinajstić information content (AvgIpc) is 2.38. The molecule has 1 unspecified atom stereocenters. The highest BCUT2D eigenvalue weighted by molar-refractivity contribution is 6.30. The zero-order valence-corrected chi connectivity index (χ0v) is 11.6. The molecule has 0 bridgehead atoms. The van der Waals surface area contributed by atoms with E-state index in [1.54, 1.807) is 0 Å². The zero-order chi connectivity index (χ0) is 13.0. The van der Waals surface area contributed by atoms with Crippen molar-refractivity contribution in [2.45, 2.75) is 5.92 Å². The molecule has 0 spiro atoms. The number of hydrogen-bond acceptors (Lipinski definition) is 1. The van der Waals surface area contributed by atoms with Gasteiger partial charge in [-0.1, -0.05) is 54.1 Å². The lowest BCUT2D eigenvalue weighted by atomic mass is 9.91. The first-order valence-corrected chi connectivity index (χ1v) is 6.50. The van der Waals surface area contributed by atoms with Gasteiger partial charge in [0.05, 0.1) is 0 Å². The first kappa shape index (κ1) is 13.1. The molecule has 94 valence electrons. The molecule has 0 aliphatic rings. The molecule has 0 heterocycles. The van der Waals surface area contributed by atoms with Crippen LogP contribution < -0.4 is 0 Å².